The number of ether oxygens (including phenoxy) is 3. The molecule has 7 heteroatoms. The van der Waals surface area contributed by atoms with Crippen LogP contribution >= 0.6 is 0 Å². The van der Waals surface area contributed by atoms with E-state index in [2.05, 4.69) is 5.32 Å². The molecule has 2 atom stereocenters. The molecule has 6 rings (SSSR count). The molecule has 0 bridgehead atoms. The fourth-order valence-corrected chi connectivity index (χ4v) is 4.54. The van der Waals surface area contributed by atoms with E-state index in [9.17, 15) is 10.0 Å². The first-order valence-corrected chi connectivity index (χ1v) is 9.84. The van der Waals surface area contributed by atoms with E-state index in [0.29, 0.717) is 36.0 Å². The average Bonchev–Trinajstić information content (AvgIpc) is 3.27. The maximum atomic E-state index is 13.0. The van der Waals surface area contributed by atoms with E-state index in [1.54, 1.807) is 18.2 Å². The molecule has 3 aliphatic rings. The minimum absolute atomic E-state index is 0.104. The Morgan fingerprint density at radius 3 is 2.80 bits per heavy atom. The Balaban J connectivity index is 1.37. The van der Waals surface area contributed by atoms with Crippen LogP contribution in [0.15, 0.2) is 60.8 Å². The Morgan fingerprint density at radius 1 is 1.03 bits per heavy atom. The third-order valence-electron chi connectivity index (χ3n) is 6.03. The number of fused-ring (bicyclic) bond motifs is 5. The summed E-state index contributed by atoms with van der Waals surface area (Å²) in [6, 6.07) is 16.6. The van der Waals surface area contributed by atoms with Gasteiger partial charge in [-0.25, -0.2) is 0 Å². The molecule has 0 saturated carbocycles. The second-order valence-electron chi connectivity index (χ2n) is 7.76. The molecular formula is C23H18N2O5. The third kappa shape index (κ3) is 2.32. The van der Waals surface area contributed by atoms with Crippen LogP contribution in [-0.2, 0) is 16.6 Å². The van der Waals surface area contributed by atoms with Crippen LogP contribution in [0.1, 0.15) is 16.8 Å². The first-order chi connectivity index (χ1) is 14.6. The van der Waals surface area contributed by atoms with Crippen molar-refractivity contribution in [3.63, 3.8) is 0 Å². The number of nitrogens with one attached hydrogen (secondary N) is 1. The van der Waals surface area contributed by atoms with Gasteiger partial charge in [0.2, 0.25) is 5.91 Å². The summed E-state index contributed by atoms with van der Waals surface area (Å²) in [5, 5.41) is 14.9. The Hall–Kier alpha value is -3.74. The molecule has 4 heterocycles. The van der Waals surface area contributed by atoms with Crippen LogP contribution in [0, 0.1) is 5.21 Å². The van der Waals surface area contributed by atoms with Gasteiger partial charge in [0.1, 0.15) is 30.5 Å². The quantitative estimate of drug-likeness (QED) is 0.526. The number of rotatable bonds is 2. The number of pyridine rings is 1. The number of hydrogen-bond acceptors (Lipinski definition) is 5. The van der Waals surface area contributed by atoms with Gasteiger partial charge in [0.05, 0.1) is 6.42 Å². The van der Waals surface area contributed by atoms with Crippen molar-refractivity contribution in [3.05, 3.63) is 82.8 Å². The number of nitrogens with zero attached hydrogens (tertiary/aromatic N) is 1. The van der Waals surface area contributed by atoms with Crippen molar-refractivity contribution in [2.24, 2.45) is 0 Å². The number of hydrogen-bond donors (Lipinski definition) is 1. The lowest BCUT2D eigenvalue weighted by atomic mass is 9.77. The number of carbonyl (C=O) groups is 1. The smallest absolute Gasteiger partial charge is 0.243 e. The van der Waals surface area contributed by atoms with E-state index in [1.165, 1.54) is 6.20 Å². The van der Waals surface area contributed by atoms with Crippen LogP contribution in [0.5, 0.6) is 17.2 Å². The monoisotopic (exact) mass is 402 g/mol. The molecule has 1 spiro atoms. The normalized spacial score (nSPS) is 22.9. The van der Waals surface area contributed by atoms with E-state index in [0.717, 1.165) is 21.5 Å². The summed E-state index contributed by atoms with van der Waals surface area (Å²) in [5.41, 5.74) is 2.19. The average molecular weight is 402 g/mol. The first kappa shape index (κ1) is 17.1. The summed E-state index contributed by atoms with van der Waals surface area (Å²) in [6.07, 6.45) is 1.59. The summed E-state index contributed by atoms with van der Waals surface area (Å²) >= 11 is 0. The lowest BCUT2D eigenvalue weighted by molar-refractivity contribution is -0.614. The van der Waals surface area contributed by atoms with Crippen molar-refractivity contribution >= 4 is 11.6 Å². The van der Waals surface area contributed by atoms with Gasteiger partial charge >= 0.3 is 0 Å². The van der Waals surface area contributed by atoms with Crippen molar-refractivity contribution in [2.45, 2.75) is 17.9 Å². The van der Waals surface area contributed by atoms with Crippen molar-refractivity contribution in [2.75, 3.05) is 18.5 Å². The number of aromatic nitrogens is 1. The van der Waals surface area contributed by atoms with Gasteiger partial charge in [-0.3, -0.25) is 4.79 Å². The van der Waals surface area contributed by atoms with Gasteiger partial charge in [-0.2, -0.15) is 4.73 Å². The largest absolute Gasteiger partial charge is 0.618 e. The van der Waals surface area contributed by atoms with Gasteiger partial charge in [-0.15, -0.1) is 0 Å². The maximum Gasteiger partial charge on any atom is 0.243 e. The summed E-state index contributed by atoms with van der Waals surface area (Å²) in [4.78, 5) is 13.0. The number of anilines is 1. The number of benzene rings is 2. The van der Waals surface area contributed by atoms with Crippen molar-refractivity contribution in [1.29, 1.82) is 0 Å². The van der Waals surface area contributed by atoms with Crippen molar-refractivity contribution in [3.8, 4) is 17.2 Å². The van der Waals surface area contributed by atoms with E-state index < -0.39 is 5.41 Å². The fraction of sp³-hybridized carbons (Fsp3) is 0.217. The highest BCUT2D eigenvalue weighted by atomic mass is 16.6. The lowest BCUT2D eigenvalue weighted by Gasteiger charge is -2.27. The molecule has 1 N–H and O–H groups in total. The summed E-state index contributed by atoms with van der Waals surface area (Å²) in [7, 11) is 0. The Morgan fingerprint density at radius 2 is 1.90 bits per heavy atom. The molecule has 0 radical (unpaired) electrons. The van der Waals surface area contributed by atoms with Gasteiger partial charge in [0.15, 0.2) is 23.4 Å². The molecule has 1 aromatic heterocycles. The molecule has 1 amide bonds. The van der Waals surface area contributed by atoms with Crippen LogP contribution < -0.4 is 24.3 Å². The second-order valence-corrected chi connectivity index (χ2v) is 7.76. The number of carbonyl (C=O) groups excluding carboxylic acids is 1. The summed E-state index contributed by atoms with van der Waals surface area (Å²) < 4.78 is 18.8. The highest BCUT2D eigenvalue weighted by molar-refractivity contribution is 6.09. The standard InChI is InChI=1S/C23H18N2O5/c26-22-23(16-6-1-2-7-18(16)24-22)13-29-19-11-20-21(10-17(19)23)30-15(12-28-20)9-14-5-3-4-8-25(14)27/h1-8,10-11,15H,9,12-13H2,(H,24,26)/t15-,23?/m1/s1. The van der Waals surface area contributed by atoms with Crippen LogP contribution in [0.2, 0.25) is 0 Å². The van der Waals surface area contributed by atoms with E-state index in [1.807, 2.05) is 36.4 Å². The fourth-order valence-electron chi connectivity index (χ4n) is 4.54. The lowest BCUT2D eigenvalue weighted by Crippen LogP contribution is -2.38. The van der Waals surface area contributed by atoms with Crippen LogP contribution in [0.4, 0.5) is 5.69 Å². The predicted octanol–water partition coefficient (Wildman–Crippen LogP) is 2.33. The Bertz CT molecular complexity index is 1190. The SMILES string of the molecule is O=C1Nc2ccccc2C12COc1cc3c(cc12)O[C@H](Cc1cccc[n+]1[O-])CO3. The molecule has 0 fully saturated rings. The highest BCUT2D eigenvalue weighted by Crippen LogP contribution is 2.53. The topological polar surface area (TPSA) is 83.7 Å². The van der Waals surface area contributed by atoms with E-state index >= 15 is 0 Å². The molecule has 7 nitrogen and oxygen atoms in total. The number of amides is 1. The molecular weight excluding hydrogens is 384 g/mol. The summed E-state index contributed by atoms with van der Waals surface area (Å²) in [6.45, 7) is 0.562. The zero-order valence-corrected chi connectivity index (χ0v) is 16.0. The zero-order chi connectivity index (χ0) is 20.3. The van der Waals surface area contributed by atoms with E-state index in [-0.39, 0.29) is 18.6 Å². The van der Waals surface area contributed by atoms with Crippen molar-refractivity contribution in [1.82, 2.24) is 0 Å². The van der Waals surface area contributed by atoms with E-state index in [4.69, 9.17) is 14.2 Å². The third-order valence-corrected chi connectivity index (χ3v) is 6.03. The van der Waals surface area contributed by atoms with Gasteiger partial charge in [-0.1, -0.05) is 24.3 Å². The summed E-state index contributed by atoms with van der Waals surface area (Å²) in [5.74, 6) is 1.66. The Labute approximate surface area is 172 Å². The van der Waals surface area contributed by atoms with Gasteiger partial charge in [0, 0.05) is 29.4 Å². The molecule has 0 aliphatic carbocycles. The van der Waals surface area contributed by atoms with Gasteiger partial charge in [-0.05, 0) is 17.7 Å². The molecule has 1 unspecified atom stereocenters. The zero-order valence-electron chi connectivity index (χ0n) is 16.0. The Kier molecular flexibility index (Phi) is 3.50. The number of para-hydroxylation sites is 1. The maximum absolute atomic E-state index is 13.0. The molecule has 3 aromatic rings. The van der Waals surface area contributed by atoms with Crippen LogP contribution in [0.3, 0.4) is 0 Å². The highest BCUT2D eigenvalue weighted by Gasteiger charge is 2.54. The minimum Gasteiger partial charge on any atom is -0.618 e. The first-order valence-electron chi connectivity index (χ1n) is 9.84. The van der Waals surface area contributed by atoms with Crippen LogP contribution in [-0.4, -0.2) is 25.2 Å². The molecule has 0 saturated heterocycles. The van der Waals surface area contributed by atoms with Crippen LogP contribution in [0.25, 0.3) is 0 Å². The van der Waals surface area contributed by atoms with Crippen molar-refractivity contribution < 1.29 is 23.7 Å². The molecule has 2 aromatic carbocycles. The van der Waals surface area contributed by atoms with Gasteiger partial charge in [0.25, 0.3) is 0 Å². The molecule has 3 aliphatic heterocycles. The molecule has 150 valence electrons. The predicted molar refractivity (Wildman–Crippen MR) is 107 cm³/mol. The van der Waals surface area contributed by atoms with Gasteiger partial charge < -0.3 is 24.7 Å². The minimum atomic E-state index is -0.894. The second kappa shape index (κ2) is 6.13. The molecule has 30 heavy (non-hydrogen) atoms.